The lowest BCUT2D eigenvalue weighted by molar-refractivity contribution is 0.102. The molecule has 0 aliphatic rings. The first-order valence-electron chi connectivity index (χ1n) is 8.53. The molecular formula is C21H20N2O4S. The van der Waals surface area contributed by atoms with Crippen molar-refractivity contribution in [2.24, 2.45) is 0 Å². The van der Waals surface area contributed by atoms with Gasteiger partial charge in [0.25, 0.3) is 15.9 Å². The van der Waals surface area contributed by atoms with Crippen LogP contribution in [0.15, 0.2) is 77.7 Å². The first-order valence-corrected chi connectivity index (χ1v) is 10.0. The molecule has 0 aliphatic heterocycles. The normalized spacial score (nSPS) is 10.9. The van der Waals surface area contributed by atoms with Crippen molar-refractivity contribution in [1.29, 1.82) is 0 Å². The summed E-state index contributed by atoms with van der Waals surface area (Å²) in [6.07, 6.45) is 0. The lowest BCUT2D eigenvalue weighted by atomic mass is 10.1. The van der Waals surface area contributed by atoms with E-state index in [0.29, 0.717) is 17.0 Å². The lowest BCUT2D eigenvalue weighted by Crippen LogP contribution is -2.16. The summed E-state index contributed by atoms with van der Waals surface area (Å²) in [5.74, 6) is -0.0448. The molecule has 1 amide bonds. The van der Waals surface area contributed by atoms with E-state index in [9.17, 15) is 13.2 Å². The summed E-state index contributed by atoms with van der Waals surface area (Å²) in [4.78, 5) is 12.6. The van der Waals surface area contributed by atoms with Crippen LogP contribution in [0.1, 0.15) is 15.9 Å². The maximum absolute atomic E-state index is 12.7. The average molecular weight is 396 g/mol. The van der Waals surface area contributed by atoms with E-state index in [1.54, 1.807) is 36.4 Å². The van der Waals surface area contributed by atoms with Crippen LogP contribution in [0.5, 0.6) is 5.75 Å². The maximum Gasteiger partial charge on any atom is 0.262 e. The van der Waals surface area contributed by atoms with Crippen LogP contribution in [0.2, 0.25) is 0 Å². The number of methoxy groups -OCH3 is 1. The summed E-state index contributed by atoms with van der Waals surface area (Å²) in [7, 11) is -2.39. The van der Waals surface area contributed by atoms with Gasteiger partial charge in [-0.15, -0.1) is 0 Å². The van der Waals surface area contributed by atoms with Crippen LogP contribution in [0.4, 0.5) is 11.4 Å². The molecule has 2 N–H and O–H groups in total. The number of carbonyl (C=O) groups excluding carboxylic acids is 1. The van der Waals surface area contributed by atoms with Crippen molar-refractivity contribution in [3.8, 4) is 5.75 Å². The summed E-state index contributed by atoms with van der Waals surface area (Å²) in [6.45, 7) is 1.88. The monoisotopic (exact) mass is 396 g/mol. The fraction of sp³-hybridized carbons (Fsp3) is 0.0952. The van der Waals surface area contributed by atoms with Gasteiger partial charge in [-0.25, -0.2) is 8.42 Å². The zero-order chi connectivity index (χ0) is 20.1. The molecule has 0 saturated heterocycles. The average Bonchev–Trinajstić information content (AvgIpc) is 2.68. The summed E-state index contributed by atoms with van der Waals surface area (Å²) >= 11 is 0. The van der Waals surface area contributed by atoms with Crippen LogP contribution >= 0.6 is 0 Å². The molecule has 0 spiro atoms. The second-order valence-electron chi connectivity index (χ2n) is 6.15. The van der Waals surface area contributed by atoms with Gasteiger partial charge >= 0.3 is 0 Å². The highest BCUT2D eigenvalue weighted by Crippen LogP contribution is 2.28. The van der Waals surface area contributed by atoms with Crippen LogP contribution in [0.25, 0.3) is 0 Å². The quantitative estimate of drug-likeness (QED) is 0.658. The predicted octanol–water partition coefficient (Wildman–Crippen LogP) is 4.06. The molecule has 0 aromatic heterocycles. The van der Waals surface area contributed by atoms with E-state index in [-0.39, 0.29) is 16.5 Å². The highest BCUT2D eigenvalue weighted by molar-refractivity contribution is 7.92. The third kappa shape index (κ3) is 4.50. The molecule has 3 aromatic rings. The van der Waals surface area contributed by atoms with Crippen molar-refractivity contribution < 1.29 is 17.9 Å². The molecule has 0 aliphatic carbocycles. The number of rotatable bonds is 6. The maximum atomic E-state index is 12.7. The Kier molecular flexibility index (Phi) is 5.65. The van der Waals surface area contributed by atoms with E-state index in [1.165, 1.54) is 25.3 Å². The molecule has 144 valence electrons. The number of para-hydroxylation sites is 1. The molecule has 7 heteroatoms. The Bertz CT molecular complexity index is 1080. The first kappa shape index (κ1) is 19.4. The SMILES string of the molecule is COc1ccc(C(=O)Nc2ccccc2)cc1NS(=O)(=O)c1ccc(C)cc1. The van der Waals surface area contributed by atoms with Crippen LogP contribution < -0.4 is 14.8 Å². The van der Waals surface area contributed by atoms with Crippen molar-refractivity contribution in [3.05, 3.63) is 83.9 Å². The van der Waals surface area contributed by atoms with Gasteiger partial charge in [0.2, 0.25) is 0 Å². The number of anilines is 2. The molecule has 0 radical (unpaired) electrons. The molecule has 0 saturated carbocycles. The van der Waals surface area contributed by atoms with Gasteiger partial charge in [0.15, 0.2) is 0 Å². The Balaban J connectivity index is 1.88. The number of aryl methyl sites for hydroxylation is 1. The number of hydrogen-bond acceptors (Lipinski definition) is 4. The lowest BCUT2D eigenvalue weighted by Gasteiger charge is -2.14. The molecular weight excluding hydrogens is 376 g/mol. The molecule has 6 nitrogen and oxygen atoms in total. The van der Waals surface area contributed by atoms with E-state index >= 15 is 0 Å². The number of amides is 1. The Morgan fingerprint density at radius 1 is 0.929 bits per heavy atom. The Hall–Kier alpha value is -3.32. The molecule has 0 atom stereocenters. The van der Waals surface area contributed by atoms with Gasteiger partial charge in [-0.05, 0) is 49.4 Å². The minimum absolute atomic E-state index is 0.124. The number of sulfonamides is 1. The molecule has 0 unspecified atom stereocenters. The summed E-state index contributed by atoms with van der Waals surface area (Å²) in [5.41, 5.74) is 2.08. The van der Waals surface area contributed by atoms with Gasteiger partial charge < -0.3 is 10.1 Å². The van der Waals surface area contributed by atoms with Crippen LogP contribution in [-0.2, 0) is 10.0 Å². The summed E-state index contributed by atoms with van der Waals surface area (Å²) < 4.78 is 33.1. The standard InChI is InChI=1S/C21H20N2O4S/c1-15-8-11-18(12-9-15)28(25,26)23-19-14-16(10-13-20(19)27-2)21(24)22-17-6-4-3-5-7-17/h3-14,23H,1-2H3,(H,22,24). The second kappa shape index (κ2) is 8.14. The van der Waals surface area contributed by atoms with Gasteiger partial charge in [0.05, 0.1) is 17.7 Å². The molecule has 3 aromatic carbocycles. The van der Waals surface area contributed by atoms with Crippen molar-refractivity contribution in [2.45, 2.75) is 11.8 Å². The number of nitrogens with one attached hydrogen (secondary N) is 2. The summed E-state index contributed by atoms with van der Waals surface area (Å²) in [6, 6.07) is 20.1. The smallest absolute Gasteiger partial charge is 0.262 e. The Labute approximate surface area is 164 Å². The highest BCUT2D eigenvalue weighted by atomic mass is 32.2. The molecule has 3 rings (SSSR count). The van der Waals surface area contributed by atoms with E-state index in [4.69, 9.17) is 4.74 Å². The van der Waals surface area contributed by atoms with Gasteiger partial charge in [-0.1, -0.05) is 35.9 Å². The number of carbonyl (C=O) groups is 1. The van der Waals surface area contributed by atoms with Gasteiger partial charge in [0, 0.05) is 11.3 Å². The third-order valence-corrected chi connectivity index (χ3v) is 5.45. The Morgan fingerprint density at radius 2 is 1.61 bits per heavy atom. The number of hydrogen-bond donors (Lipinski definition) is 2. The van der Waals surface area contributed by atoms with E-state index in [2.05, 4.69) is 10.0 Å². The van der Waals surface area contributed by atoms with Gasteiger partial charge in [-0.3, -0.25) is 9.52 Å². The van der Waals surface area contributed by atoms with E-state index in [0.717, 1.165) is 5.56 Å². The zero-order valence-corrected chi connectivity index (χ0v) is 16.3. The topological polar surface area (TPSA) is 84.5 Å². The van der Waals surface area contributed by atoms with Crippen molar-refractivity contribution in [3.63, 3.8) is 0 Å². The zero-order valence-electron chi connectivity index (χ0n) is 15.5. The van der Waals surface area contributed by atoms with Crippen LogP contribution in [-0.4, -0.2) is 21.4 Å². The molecule has 0 heterocycles. The number of benzene rings is 3. The van der Waals surface area contributed by atoms with Gasteiger partial charge in [0.1, 0.15) is 5.75 Å². The third-order valence-electron chi connectivity index (χ3n) is 4.07. The van der Waals surface area contributed by atoms with Crippen LogP contribution in [0.3, 0.4) is 0 Å². The minimum atomic E-state index is -3.83. The second-order valence-corrected chi connectivity index (χ2v) is 7.84. The van der Waals surface area contributed by atoms with Crippen LogP contribution in [0, 0.1) is 6.92 Å². The van der Waals surface area contributed by atoms with Crippen molar-refractivity contribution in [1.82, 2.24) is 0 Å². The number of ether oxygens (including phenoxy) is 1. The largest absolute Gasteiger partial charge is 0.495 e. The van der Waals surface area contributed by atoms with E-state index < -0.39 is 10.0 Å². The first-order chi connectivity index (χ1) is 13.4. The minimum Gasteiger partial charge on any atom is -0.495 e. The van der Waals surface area contributed by atoms with Gasteiger partial charge in [-0.2, -0.15) is 0 Å². The molecule has 28 heavy (non-hydrogen) atoms. The molecule has 0 fully saturated rings. The molecule has 0 bridgehead atoms. The Morgan fingerprint density at radius 3 is 2.25 bits per heavy atom. The fourth-order valence-electron chi connectivity index (χ4n) is 2.57. The highest BCUT2D eigenvalue weighted by Gasteiger charge is 2.18. The predicted molar refractivity (Wildman–Crippen MR) is 109 cm³/mol. The van der Waals surface area contributed by atoms with E-state index in [1.807, 2.05) is 25.1 Å². The fourth-order valence-corrected chi connectivity index (χ4v) is 3.64. The van der Waals surface area contributed by atoms with Crippen molar-refractivity contribution in [2.75, 3.05) is 17.1 Å². The summed E-state index contributed by atoms with van der Waals surface area (Å²) in [5, 5.41) is 2.77. The van der Waals surface area contributed by atoms with Crippen molar-refractivity contribution >= 4 is 27.3 Å².